The van der Waals surface area contributed by atoms with Crippen molar-refractivity contribution in [1.29, 1.82) is 0 Å². The molecule has 5 nitrogen and oxygen atoms in total. The highest BCUT2D eigenvalue weighted by atomic mass is 32.2. The number of hydrogen-bond donors (Lipinski definition) is 0. The fourth-order valence-corrected chi connectivity index (χ4v) is 3.35. The zero-order valence-electron chi connectivity index (χ0n) is 14.6. The summed E-state index contributed by atoms with van der Waals surface area (Å²) in [5.41, 5.74) is 2.40. The lowest BCUT2D eigenvalue weighted by atomic mass is 10.1. The number of fused-ring (bicyclic) bond motifs is 1. The number of hydrogen-bond acceptors (Lipinski definition) is 6. The molecule has 0 bridgehead atoms. The quantitative estimate of drug-likeness (QED) is 0.576. The molecule has 1 atom stereocenters. The van der Waals surface area contributed by atoms with E-state index in [0.29, 0.717) is 17.2 Å². The van der Waals surface area contributed by atoms with E-state index in [1.165, 1.54) is 11.8 Å². The second-order valence-electron chi connectivity index (χ2n) is 5.77. The largest absolute Gasteiger partial charge is 0.493 e. The second-order valence-corrected chi connectivity index (χ2v) is 6.56. The highest BCUT2D eigenvalue weighted by molar-refractivity contribution is 7.98. The molecule has 0 N–H and O–H groups in total. The molecule has 1 unspecified atom stereocenters. The molecule has 1 aromatic carbocycles. The third kappa shape index (κ3) is 3.90. The van der Waals surface area contributed by atoms with Gasteiger partial charge in [-0.15, -0.1) is 11.8 Å². The molecule has 0 aliphatic carbocycles. The molecule has 25 heavy (non-hydrogen) atoms. The Balaban J connectivity index is 1.78. The van der Waals surface area contributed by atoms with Crippen LogP contribution < -0.4 is 9.47 Å². The molecule has 2 aromatic rings. The molecule has 0 fully saturated rings. The van der Waals surface area contributed by atoms with Crippen LogP contribution in [0.3, 0.4) is 0 Å². The summed E-state index contributed by atoms with van der Waals surface area (Å²) in [5, 5.41) is 0.656. The van der Waals surface area contributed by atoms with E-state index in [1.54, 1.807) is 18.3 Å². The number of nitrogens with zero attached hydrogens (tertiary/aromatic N) is 1. The van der Waals surface area contributed by atoms with E-state index in [4.69, 9.17) is 14.2 Å². The maximum Gasteiger partial charge on any atom is 0.341 e. The van der Waals surface area contributed by atoms with Crippen molar-refractivity contribution < 1.29 is 19.0 Å². The highest BCUT2D eigenvalue weighted by Gasteiger charge is 2.22. The molecular formula is C19H21NO4S. The van der Waals surface area contributed by atoms with Gasteiger partial charge in [0.15, 0.2) is 0 Å². The summed E-state index contributed by atoms with van der Waals surface area (Å²) in [6, 6.07) is 7.35. The van der Waals surface area contributed by atoms with Gasteiger partial charge in [-0.1, -0.05) is 0 Å². The number of carbonyl (C=O) groups excluding carboxylic acids is 1. The van der Waals surface area contributed by atoms with Gasteiger partial charge in [0.1, 0.15) is 29.2 Å². The van der Waals surface area contributed by atoms with Gasteiger partial charge in [-0.2, -0.15) is 0 Å². The number of pyridine rings is 1. The van der Waals surface area contributed by atoms with Crippen molar-refractivity contribution >= 4 is 17.7 Å². The van der Waals surface area contributed by atoms with Crippen molar-refractivity contribution in [2.75, 3.05) is 12.9 Å². The van der Waals surface area contributed by atoms with Gasteiger partial charge in [0.05, 0.1) is 12.2 Å². The fourth-order valence-electron chi connectivity index (χ4n) is 2.81. The van der Waals surface area contributed by atoms with E-state index < -0.39 is 5.97 Å². The number of ether oxygens (including phenoxy) is 3. The van der Waals surface area contributed by atoms with Crippen molar-refractivity contribution in [2.24, 2.45) is 0 Å². The zero-order valence-corrected chi connectivity index (χ0v) is 15.4. The first kappa shape index (κ1) is 17.6. The first-order chi connectivity index (χ1) is 12.1. The van der Waals surface area contributed by atoms with Crippen LogP contribution in [0, 0.1) is 0 Å². The Labute approximate surface area is 151 Å². The highest BCUT2D eigenvalue weighted by Crippen LogP contribution is 2.35. The predicted molar refractivity (Wildman–Crippen MR) is 96.5 cm³/mol. The number of aromatic nitrogens is 1. The summed E-state index contributed by atoms with van der Waals surface area (Å²) in [6.45, 7) is 4.65. The molecule has 6 heteroatoms. The van der Waals surface area contributed by atoms with Crippen molar-refractivity contribution in [3.63, 3.8) is 0 Å². The number of carbonyl (C=O) groups is 1. The van der Waals surface area contributed by atoms with Gasteiger partial charge in [-0.05, 0) is 44.4 Å². The summed E-state index contributed by atoms with van der Waals surface area (Å²) in [6.07, 6.45) is 4.56. The van der Waals surface area contributed by atoms with Crippen LogP contribution in [-0.2, 0) is 17.8 Å². The Kier molecular flexibility index (Phi) is 5.48. The molecular weight excluding hydrogens is 338 g/mol. The topological polar surface area (TPSA) is 57.7 Å². The Bertz CT molecular complexity index is 778. The van der Waals surface area contributed by atoms with Crippen LogP contribution in [0.15, 0.2) is 35.5 Å². The Hall–Kier alpha value is -2.21. The van der Waals surface area contributed by atoms with Crippen molar-refractivity contribution in [2.45, 2.75) is 38.0 Å². The van der Waals surface area contributed by atoms with Crippen LogP contribution in [-0.4, -0.2) is 29.9 Å². The average Bonchev–Trinajstić information content (AvgIpc) is 2.98. The molecule has 0 saturated carbocycles. The molecule has 0 spiro atoms. The average molecular weight is 359 g/mol. The third-order valence-corrected chi connectivity index (χ3v) is 4.63. The minimum Gasteiger partial charge on any atom is -0.493 e. The van der Waals surface area contributed by atoms with Crippen LogP contribution in [0.1, 0.15) is 35.3 Å². The molecule has 132 valence electrons. The minimum absolute atomic E-state index is 0.127. The lowest BCUT2D eigenvalue weighted by Crippen LogP contribution is -2.08. The molecule has 2 heterocycles. The monoisotopic (exact) mass is 359 g/mol. The van der Waals surface area contributed by atoms with E-state index in [2.05, 4.69) is 4.98 Å². The van der Waals surface area contributed by atoms with Crippen LogP contribution in [0.5, 0.6) is 11.5 Å². The number of thioether (sulfide) groups is 1. The maximum absolute atomic E-state index is 12.4. The Morgan fingerprint density at radius 2 is 2.28 bits per heavy atom. The first-order valence-corrected chi connectivity index (χ1v) is 9.46. The third-order valence-electron chi connectivity index (χ3n) is 3.92. The molecule has 1 aliphatic heterocycles. The summed E-state index contributed by atoms with van der Waals surface area (Å²) in [4.78, 5) is 16.6. The van der Waals surface area contributed by atoms with E-state index in [9.17, 15) is 4.79 Å². The van der Waals surface area contributed by atoms with Gasteiger partial charge in [0, 0.05) is 23.7 Å². The summed E-state index contributed by atoms with van der Waals surface area (Å²) >= 11 is 1.42. The van der Waals surface area contributed by atoms with Gasteiger partial charge in [-0.25, -0.2) is 9.78 Å². The number of rotatable bonds is 6. The Morgan fingerprint density at radius 1 is 1.44 bits per heavy atom. The zero-order chi connectivity index (χ0) is 17.8. The van der Waals surface area contributed by atoms with Gasteiger partial charge in [-0.3, -0.25) is 0 Å². The van der Waals surface area contributed by atoms with Crippen molar-refractivity contribution in [3.05, 3.63) is 47.2 Å². The summed E-state index contributed by atoms with van der Waals surface area (Å²) in [5.74, 6) is 1.19. The van der Waals surface area contributed by atoms with Gasteiger partial charge < -0.3 is 14.2 Å². The van der Waals surface area contributed by atoms with Crippen LogP contribution in [0.2, 0.25) is 0 Å². The van der Waals surface area contributed by atoms with Crippen molar-refractivity contribution in [1.82, 2.24) is 4.98 Å². The SMILES string of the molecule is CCOc1cc2c(cc1COC(=O)c1cccnc1SC)OC(C)C2. The standard InChI is InChI=1S/C19H21NO4S/c1-4-22-16-9-13-8-12(2)24-17(13)10-14(16)11-23-19(21)15-6-5-7-20-18(15)25-3/h5-7,9-10,12H,4,8,11H2,1-3H3. The lowest BCUT2D eigenvalue weighted by Gasteiger charge is -2.13. The molecule has 0 amide bonds. The predicted octanol–water partition coefficient (Wildman–Crippen LogP) is 3.88. The molecule has 0 saturated heterocycles. The van der Waals surface area contributed by atoms with Crippen LogP contribution in [0.25, 0.3) is 0 Å². The van der Waals surface area contributed by atoms with E-state index in [-0.39, 0.29) is 12.7 Å². The van der Waals surface area contributed by atoms with Gasteiger partial charge >= 0.3 is 5.97 Å². The lowest BCUT2D eigenvalue weighted by molar-refractivity contribution is 0.0464. The van der Waals surface area contributed by atoms with E-state index in [1.807, 2.05) is 32.2 Å². The number of benzene rings is 1. The van der Waals surface area contributed by atoms with Crippen LogP contribution >= 0.6 is 11.8 Å². The Morgan fingerprint density at radius 3 is 3.04 bits per heavy atom. The summed E-state index contributed by atoms with van der Waals surface area (Å²) in [7, 11) is 0. The molecule has 0 radical (unpaired) electrons. The van der Waals surface area contributed by atoms with Gasteiger partial charge in [0.25, 0.3) is 0 Å². The summed E-state index contributed by atoms with van der Waals surface area (Å²) < 4.78 is 17.0. The van der Waals surface area contributed by atoms with Crippen molar-refractivity contribution in [3.8, 4) is 11.5 Å². The molecule has 1 aromatic heterocycles. The normalized spacial score (nSPS) is 15.4. The van der Waals surface area contributed by atoms with E-state index in [0.717, 1.165) is 29.0 Å². The molecule has 3 rings (SSSR count). The smallest absolute Gasteiger partial charge is 0.341 e. The fraction of sp³-hybridized carbons (Fsp3) is 0.368. The first-order valence-electron chi connectivity index (χ1n) is 8.23. The molecule has 1 aliphatic rings. The number of esters is 1. The van der Waals surface area contributed by atoms with E-state index >= 15 is 0 Å². The van der Waals surface area contributed by atoms with Gasteiger partial charge in [0.2, 0.25) is 0 Å². The second kappa shape index (κ2) is 7.78. The van der Waals surface area contributed by atoms with Crippen LogP contribution in [0.4, 0.5) is 0 Å². The maximum atomic E-state index is 12.4. The minimum atomic E-state index is -0.394.